The molecule has 0 saturated carbocycles. The van der Waals surface area contributed by atoms with Gasteiger partial charge < -0.3 is 5.32 Å². The lowest BCUT2D eigenvalue weighted by Gasteiger charge is -2.17. The number of rotatable bonds is 7. The highest BCUT2D eigenvalue weighted by Gasteiger charge is 2.32. The summed E-state index contributed by atoms with van der Waals surface area (Å²) in [5, 5.41) is 6.53. The summed E-state index contributed by atoms with van der Waals surface area (Å²) in [4.78, 5) is 0. The van der Waals surface area contributed by atoms with Crippen LogP contribution in [0.3, 0.4) is 0 Å². The predicted octanol–water partition coefficient (Wildman–Crippen LogP) is 3.75. The van der Waals surface area contributed by atoms with Gasteiger partial charge in [-0.3, -0.25) is 4.68 Å². The van der Waals surface area contributed by atoms with Crippen molar-refractivity contribution < 1.29 is 8.42 Å². The Morgan fingerprint density at radius 3 is 2.38 bits per heavy atom. The fourth-order valence-corrected chi connectivity index (χ4v) is 5.37. The van der Waals surface area contributed by atoms with Crippen LogP contribution in [-0.4, -0.2) is 29.2 Å². The molecule has 1 unspecified atom stereocenters. The van der Waals surface area contributed by atoms with E-state index in [1.54, 1.807) is 24.1 Å². The van der Waals surface area contributed by atoms with Crippen LogP contribution in [0.5, 0.6) is 0 Å². The molecule has 0 fully saturated rings. The summed E-state index contributed by atoms with van der Waals surface area (Å²) < 4.78 is 30.5. The van der Waals surface area contributed by atoms with Crippen molar-refractivity contribution in [3.8, 4) is 11.3 Å². The topological polar surface area (TPSA) is 68.9 Å². The molecule has 8 heteroatoms. The molecular weight excluding hydrogens is 408 g/mol. The maximum absolute atomic E-state index is 13.7. The van der Waals surface area contributed by atoms with E-state index >= 15 is 0 Å². The minimum absolute atomic E-state index is 0. The average molecular weight is 435 g/mol. The largest absolute Gasteiger partial charge is 0.316 e. The van der Waals surface area contributed by atoms with Gasteiger partial charge in [-0.25, -0.2) is 12.4 Å². The van der Waals surface area contributed by atoms with Crippen LogP contribution in [0.25, 0.3) is 11.3 Å². The summed E-state index contributed by atoms with van der Waals surface area (Å²) in [6.45, 7) is 8.16. The standard InChI is InChI=1S/C21H26N4O2S.ClH/c1-6-20(19-14-24(5)23-16(19)3)28(26,27)25-13-18(12-22-4)15(2)21(25)17-10-8-7-9-11-17;/h6-11,13-14,20,22H,1,12H2,2-5H3;1H. The van der Waals surface area contributed by atoms with Crippen LogP contribution in [0.4, 0.5) is 0 Å². The van der Waals surface area contributed by atoms with E-state index in [4.69, 9.17) is 0 Å². The Hall–Kier alpha value is -2.35. The first-order chi connectivity index (χ1) is 13.3. The van der Waals surface area contributed by atoms with Gasteiger partial charge in [0.1, 0.15) is 5.25 Å². The van der Waals surface area contributed by atoms with Crippen molar-refractivity contribution in [1.82, 2.24) is 19.1 Å². The van der Waals surface area contributed by atoms with E-state index in [1.807, 2.05) is 51.2 Å². The van der Waals surface area contributed by atoms with Crippen LogP contribution < -0.4 is 5.32 Å². The molecule has 0 amide bonds. The molecule has 2 aromatic heterocycles. The summed E-state index contributed by atoms with van der Waals surface area (Å²) in [6.07, 6.45) is 4.93. The molecule has 0 aliphatic heterocycles. The molecule has 0 saturated heterocycles. The van der Waals surface area contributed by atoms with Crippen molar-refractivity contribution in [3.05, 3.63) is 77.8 Å². The van der Waals surface area contributed by atoms with Gasteiger partial charge in [0.15, 0.2) is 0 Å². The van der Waals surface area contributed by atoms with E-state index in [2.05, 4.69) is 17.0 Å². The summed E-state index contributed by atoms with van der Waals surface area (Å²) in [5.41, 5.74) is 4.73. The minimum Gasteiger partial charge on any atom is -0.316 e. The molecule has 0 aliphatic carbocycles. The first-order valence-electron chi connectivity index (χ1n) is 9.09. The Balaban J connectivity index is 0.00000300. The van der Waals surface area contributed by atoms with Crippen LogP contribution in [0.1, 0.15) is 27.6 Å². The molecule has 6 nitrogen and oxygen atoms in total. The molecule has 0 radical (unpaired) electrons. The quantitative estimate of drug-likeness (QED) is 0.575. The molecule has 1 aromatic carbocycles. The highest BCUT2D eigenvalue weighted by molar-refractivity contribution is 7.90. The van der Waals surface area contributed by atoms with E-state index in [1.165, 1.54) is 10.0 Å². The SMILES string of the molecule is C=CC(c1cn(C)nc1C)S(=O)(=O)n1cc(CNC)c(C)c1-c1ccccc1.Cl. The predicted molar refractivity (Wildman–Crippen MR) is 120 cm³/mol. The number of hydrogen-bond donors (Lipinski definition) is 1. The van der Waals surface area contributed by atoms with Crippen molar-refractivity contribution >= 4 is 22.4 Å². The molecule has 0 spiro atoms. The molecule has 1 N–H and O–H groups in total. The van der Waals surface area contributed by atoms with Crippen molar-refractivity contribution in [2.24, 2.45) is 7.05 Å². The number of nitrogens with zero attached hydrogens (tertiary/aromatic N) is 3. The minimum atomic E-state index is -3.79. The van der Waals surface area contributed by atoms with Gasteiger partial charge in [0, 0.05) is 31.5 Å². The monoisotopic (exact) mass is 434 g/mol. The van der Waals surface area contributed by atoms with E-state index in [0.29, 0.717) is 23.5 Å². The smallest absolute Gasteiger partial charge is 0.249 e. The lowest BCUT2D eigenvalue weighted by Crippen LogP contribution is -2.20. The van der Waals surface area contributed by atoms with E-state index in [-0.39, 0.29) is 12.4 Å². The zero-order valence-corrected chi connectivity index (χ0v) is 18.7. The zero-order chi connectivity index (χ0) is 20.5. The van der Waals surface area contributed by atoms with E-state index in [9.17, 15) is 8.42 Å². The highest BCUT2D eigenvalue weighted by Crippen LogP contribution is 2.35. The summed E-state index contributed by atoms with van der Waals surface area (Å²) in [5.74, 6) is 0. The molecule has 1 atom stereocenters. The number of aromatic nitrogens is 3. The molecular formula is C21H27ClN4O2S. The maximum Gasteiger partial charge on any atom is 0.249 e. The highest BCUT2D eigenvalue weighted by atomic mass is 35.5. The third-order valence-electron chi connectivity index (χ3n) is 4.91. The first kappa shape index (κ1) is 22.9. The molecule has 3 rings (SSSR count). The Morgan fingerprint density at radius 2 is 1.86 bits per heavy atom. The number of nitrogens with one attached hydrogen (secondary N) is 1. The number of benzene rings is 1. The Labute approximate surface area is 178 Å². The van der Waals surface area contributed by atoms with Crippen LogP contribution in [0.15, 0.2) is 55.4 Å². The lowest BCUT2D eigenvalue weighted by atomic mass is 10.1. The molecule has 0 aliphatic rings. The number of hydrogen-bond acceptors (Lipinski definition) is 4. The van der Waals surface area contributed by atoms with Crippen LogP contribution in [0.2, 0.25) is 0 Å². The molecule has 0 bridgehead atoms. The van der Waals surface area contributed by atoms with Crippen molar-refractivity contribution in [2.75, 3.05) is 7.05 Å². The number of aryl methyl sites for hydroxylation is 2. The summed E-state index contributed by atoms with van der Waals surface area (Å²) in [6, 6.07) is 9.59. The van der Waals surface area contributed by atoms with Gasteiger partial charge in [0.2, 0.25) is 10.0 Å². The summed E-state index contributed by atoms with van der Waals surface area (Å²) in [7, 11) is -0.167. The Morgan fingerprint density at radius 1 is 1.21 bits per heavy atom. The average Bonchev–Trinajstić information content (AvgIpc) is 3.16. The van der Waals surface area contributed by atoms with E-state index < -0.39 is 15.3 Å². The molecule has 29 heavy (non-hydrogen) atoms. The fraction of sp³-hybridized carbons (Fsp3) is 0.286. The molecule has 2 heterocycles. The summed E-state index contributed by atoms with van der Waals surface area (Å²) >= 11 is 0. The first-order valence-corrected chi connectivity index (χ1v) is 10.6. The van der Waals surface area contributed by atoms with Gasteiger partial charge in [-0.05, 0) is 37.6 Å². The second kappa shape index (κ2) is 8.98. The maximum atomic E-state index is 13.7. The second-order valence-corrected chi connectivity index (χ2v) is 8.80. The van der Waals surface area contributed by atoms with Gasteiger partial charge in [0.05, 0.1) is 11.4 Å². The van der Waals surface area contributed by atoms with Gasteiger partial charge in [0.25, 0.3) is 0 Å². The lowest BCUT2D eigenvalue weighted by molar-refractivity contribution is 0.581. The van der Waals surface area contributed by atoms with Crippen molar-refractivity contribution in [3.63, 3.8) is 0 Å². The number of halogens is 1. The fourth-order valence-electron chi connectivity index (χ4n) is 3.56. The third kappa shape index (κ3) is 4.17. The van der Waals surface area contributed by atoms with Crippen LogP contribution >= 0.6 is 12.4 Å². The van der Waals surface area contributed by atoms with Gasteiger partial charge in [-0.15, -0.1) is 19.0 Å². The third-order valence-corrected chi connectivity index (χ3v) is 6.84. The Bertz CT molecular complexity index is 1100. The van der Waals surface area contributed by atoms with Crippen molar-refractivity contribution in [2.45, 2.75) is 25.6 Å². The van der Waals surface area contributed by atoms with Crippen LogP contribution in [-0.2, 0) is 23.6 Å². The van der Waals surface area contributed by atoms with Gasteiger partial charge in [-0.2, -0.15) is 5.10 Å². The normalized spacial score (nSPS) is 12.4. The molecule has 3 aromatic rings. The molecule has 156 valence electrons. The Kier molecular flexibility index (Phi) is 7.11. The van der Waals surface area contributed by atoms with E-state index in [0.717, 1.165) is 16.7 Å². The zero-order valence-electron chi connectivity index (χ0n) is 17.1. The van der Waals surface area contributed by atoms with Gasteiger partial charge in [-0.1, -0.05) is 36.4 Å². The second-order valence-electron chi connectivity index (χ2n) is 6.86. The van der Waals surface area contributed by atoms with Gasteiger partial charge >= 0.3 is 0 Å². The van der Waals surface area contributed by atoms with Crippen molar-refractivity contribution in [1.29, 1.82) is 0 Å². The van der Waals surface area contributed by atoms with Crippen LogP contribution in [0, 0.1) is 13.8 Å².